The fourth-order valence-electron chi connectivity index (χ4n) is 1.40. The molecular formula is C10H14N4O3S2. The molecule has 0 bridgehead atoms. The zero-order valence-electron chi connectivity index (χ0n) is 10.7. The summed E-state index contributed by atoms with van der Waals surface area (Å²) in [6.45, 7) is 4.18. The van der Waals surface area contributed by atoms with Gasteiger partial charge in [-0.3, -0.25) is 9.69 Å². The number of nitrogens with zero attached hydrogens (tertiary/aromatic N) is 4. The number of thioether (sulfide) groups is 1. The highest BCUT2D eigenvalue weighted by Gasteiger charge is 2.44. The van der Waals surface area contributed by atoms with E-state index >= 15 is 0 Å². The van der Waals surface area contributed by atoms with Crippen LogP contribution in [0, 0.1) is 5.92 Å². The van der Waals surface area contributed by atoms with Crippen molar-refractivity contribution in [3.63, 3.8) is 0 Å². The van der Waals surface area contributed by atoms with E-state index < -0.39 is 18.2 Å². The zero-order valence-corrected chi connectivity index (χ0v) is 12.4. The van der Waals surface area contributed by atoms with E-state index in [4.69, 9.17) is 0 Å². The van der Waals surface area contributed by atoms with Gasteiger partial charge in [0.2, 0.25) is 11.4 Å². The molecule has 19 heavy (non-hydrogen) atoms. The molecule has 7 nitrogen and oxygen atoms in total. The van der Waals surface area contributed by atoms with Crippen molar-refractivity contribution in [2.24, 2.45) is 5.92 Å². The summed E-state index contributed by atoms with van der Waals surface area (Å²) in [6.07, 6.45) is -1.44. The molecule has 2 rings (SSSR count). The van der Waals surface area contributed by atoms with E-state index in [0.29, 0.717) is 10.3 Å². The van der Waals surface area contributed by atoms with E-state index in [1.807, 2.05) is 0 Å². The van der Waals surface area contributed by atoms with Gasteiger partial charge in [0.1, 0.15) is 0 Å². The summed E-state index contributed by atoms with van der Waals surface area (Å²) < 4.78 is 0.702. The summed E-state index contributed by atoms with van der Waals surface area (Å²) >= 11 is 2.70. The Morgan fingerprint density at radius 3 is 2.63 bits per heavy atom. The molecule has 3 amide bonds. The van der Waals surface area contributed by atoms with Gasteiger partial charge in [0.05, 0.1) is 0 Å². The van der Waals surface area contributed by atoms with E-state index in [0.717, 1.165) is 15.6 Å². The van der Waals surface area contributed by atoms with E-state index in [1.165, 1.54) is 30.1 Å². The van der Waals surface area contributed by atoms with Crippen molar-refractivity contribution < 1.29 is 14.7 Å². The van der Waals surface area contributed by atoms with Crippen molar-refractivity contribution >= 4 is 40.2 Å². The SMILES string of the molecule is CC(C)CSc1nnc(N2C(=O)C(O)N(C)C2=O)s1. The molecule has 0 spiro atoms. The first-order chi connectivity index (χ1) is 8.91. The van der Waals surface area contributed by atoms with Crippen LogP contribution in [-0.2, 0) is 4.79 Å². The molecule has 104 valence electrons. The van der Waals surface area contributed by atoms with Crippen molar-refractivity contribution in [2.75, 3.05) is 17.7 Å². The van der Waals surface area contributed by atoms with Crippen LogP contribution < -0.4 is 4.90 Å². The van der Waals surface area contributed by atoms with Gasteiger partial charge in [-0.1, -0.05) is 36.9 Å². The minimum Gasteiger partial charge on any atom is -0.365 e. The average molecular weight is 302 g/mol. The van der Waals surface area contributed by atoms with Crippen molar-refractivity contribution in [3.05, 3.63) is 0 Å². The largest absolute Gasteiger partial charge is 0.365 e. The molecule has 1 aromatic heterocycles. The molecule has 0 aliphatic carbocycles. The lowest BCUT2D eigenvalue weighted by Crippen LogP contribution is -2.31. The predicted octanol–water partition coefficient (Wildman–Crippen LogP) is 1.00. The van der Waals surface area contributed by atoms with E-state index in [2.05, 4.69) is 24.0 Å². The Hall–Kier alpha value is -1.19. The Morgan fingerprint density at radius 2 is 2.11 bits per heavy atom. The number of hydrogen-bond donors (Lipinski definition) is 1. The van der Waals surface area contributed by atoms with Crippen molar-refractivity contribution in [2.45, 2.75) is 24.4 Å². The first-order valence-electron chi connectivity index (χ1n) is 5.67. The molecule has 1 aliphatic heterocycles. The lowest BCUT2D eigenvalue weighted by molar-refractivity contribution is -0.128. The number of carbonyl (C=O) groups excluding carboxylic acids is 2. The Bertz CT molecular complexity index is 485. The third kappa shape index (κ3) is 2.72. The van der Waals surface area contributed by atoms with Gasteiger partial charge >= 0.3 is 6.03 Å². The number of likely N-dealkylation sites (N-methyl/N-ethyl adjacent to an activating group) is 1. The van der Waals surface area contributed by atoms with Crippen LogP contribution in [0.25, 0.3) is 0 Å². The number of rotatable bonds is 4. The van der Waals surface area contributed by atoms with Gasteiger partial charge in [0, 0.05) is 12.8 Å². The number of aromatic nitrogens is 2. The highest BCUT2D eigenvalue weighted by atomic mass is 32.2. The second-order valence-electron chi connectivity index (χ2n) is 4.50. The van der Waals surface area contributed by atoms with Crippen LogP contribution in [-0.4, -0.2) is 51.2 Å². The van der Waals surface area contributed by atoms with Crippen molar-refractivity contribution in [1.29, 1.82) is 0 Å². The fraction of sp³-hybridized carbons (Fsp3) is 0.600. The van der Waals surface area contributed by atoms with E-state index in [1.54, 1.807) is 0 Å². The third-order valence-electron chi connectivity index (χ3n) is 2.43. The molecule has 1 aromatic rings. The van der Waals surface area contributed by atoms with Gasteiger partial charge in [-0.25, -0.2) is 9.69 Å². The highest BCUT2D eigenvalue weighted by molar-refractivity contribution is 8.01. The fourth-order valence-corrected chi connectivity index (χ4v) is 3.22. The normalized spacial score (nSPS) is 19.9. The Balaban J connectivity index is 2.14. The topological polar surface area (TPSA) is 86.6 Å². The van der Waals surface area contributed by atoms with Crippen LogP contribution in [0.5, 0.6) is 0 Å². The summed E-state index contributed by atoms with van der Waals surface area (Å²) in [4.78, 5) is 25.4. The van der Waals surface area contributed by atoms with Gasteiger partial charge in [-0.2, -0.15) is 0 Å². The Morgan fingerprint density at radius 1 is 1.42 bits per heavy atom. The molecule has 9 heteroatoms. The standard InChI is InChI=1S/C10H14N4O3S2/c1-5(2)4-18-9-12-11-8(19-9)14-7(16)6(15)13(3)10(14)17/h5-6,15H,4H2,1-3H3. The predicted molar refractivity (Wildman–Crippen MR) is 72.1 cm³/mol. The summed E-state index contributed by atoms with van der Waals surface area (Å²) in [5, 5.41) is 17.5. The molecule has 1 atom stereocenters. The van der Waals surface area contributed by atoms with Crippen molar-refractivity contribution in [3.8, 4) is 0 Å². The average Bonchev–Trinajstić information content (AvgIpc) is 2.88. The molecule has 1 unspecified atom stereocenters. The van der Waals surface area contributed by atoms with Gasteiger partial charge in [0.15, 0.2) is 4.34 Å². The van der Waals surface area contributed by atoms with Crippen LogP contribution in [0.1, 0.15) is 13.8 Å². The number of urea groups is 1. The summed E-state index contributed by atoms with van der Waals surface area (Å²) in [5.41, 5.74) is 0. The van der Waals surface area contributed by atoms with Crippen LogP contribution in [0.3, 0.4) is 0 Å². The van der Waals surface area contributed by atoms with Crippen LogP contribution >= 0.6 is 23.1 Å². The van der Waals surface area contributed by atoms with Crippen LogP contribution in [0.4, 0.5) is 9.93 Å². The number of amides is 3. The van der Waals surface area contributed by atoms with Crippen molar-refractivity contribution in [1.82, 2.24) is 15.1 Å². The zero-order chi connectivity index (χ0) is 14.2. The number of hydrogen-bond acceptors (Lipinski definition) is 7. The van der Waals surface area contributed by atoms with Crippen LogP contribution in [0.2, 0.25) is 0 Å². The highest BCUT2D eigenvalue weighted by Crippen LogP contribution is 2.31. The monoisotopic (exact) mass is 302 g/mol. The van der Waals surface area contributed by atoms with E-state index in [9.17, 15) is 14.7 Å². The number of aliphatic hydroxyl groups is 1. The molecule has 1 saturated heterocycles. The number of aliphatic hydroxyl groups excluding tert-OH is 1. The second kappa shape index (κ2) is 5.43. The quantitative estimate of drug-likeness (QED) is 0.507. The molecule has 0 radical (unpaired) electrons. The van der Waals surface area contributed by atoms with Gasteiger partial charge < -0.3 is 5.11 Å². The molecule has 2 heterocycles. The Kier molecular flexibility index (Phi) is 4.07. The number of imide groups is 1. The van der Waals surface area contributed by atoms with Gasteiger partial charge in [-0.15, -0.1) is 10.2 Å². The molecule has 0 aromatic carbocycles. The molecule has 1 aliphatic rings. The summed E-state index contributed by atoms with van der Waals surface area (Å²) in [7, 11) is 1.36. The lowest BCUT2D eigenvalue weighted by atomic mass is 10.3. The Labute approximate surface area is 118 Å². The maximum absolute atomic E-state index is 11.8. The molecule has 1 fully saturated rings. The summed E-state index contributed by atoms with van der Waals surface area (Å²) in [6, 6.07) is -0.589. The van der Waals surface area contributed by atoms with E-state index in [-0.39, 0.29) is 5.13 Å². The van der Waals surface area contributed by atoms with Crippen LogP contribution in [0.15, 0.2) is 4.34 Å². The maximum atomic E-state index is 11.8. The minimum absolute atomic E-state index is 0.199. The number of carbonyl (C=O) groups is 2. The first-order valence-corrected chi connectivity index (χ1v) is 7.47. The lowest BCUT2D eigenvalue weighted by Gasteiger charge is -2.09. The second-order valence-corrected chi connectivity index (χ2v) is 6.72. The smallest absolute Gasteiger partial charge is 0.335 e. The third-order valence-corrected chi connectivity index (χ3v) is 4.90. The summed E-state index contributed by atoms with van der Waals surface area (Å²) in [5.74, 6) is 0.711. The molecular weight excluding hydrogens is 288 g/mol. The molecule has 1 N–H and O–H groups in total. The molecule has 0 saturated carbocycles. The first kappa shape index (κ1) is 14.2. The van der Waals surface area contributed by atoms with Gasteiger partial charge in [0.25, 0.3) is 5.91 Å². The van der Waals surface area contributed by atoms with Gasteiger partial charge in [-0.05, 0) is 5.92 Å². The maximum Gasteiger partial charge on any atom is 0.335 e. The number of anilines is 1. The minimum atomic E-state index is -1.44.